The van der Waals surface area contributed by atoms with Gasteiger partial charge in [0.15, 0.2) is 0 Å². The third-order valence-corrected chi connectivity index (χ3v) is 4.25. The molecule has 2 heteroatoms. The minimum atomic E-state index is 0.179. The van der Waals surface area contributed by atoms with Gasteiger partial charge in [0.2, 0.25) is 5.91 Å². The SMILES string of the molecule is CCCC(=O)NC[C@@H]1CCc2cccc3cccc1c23. The molecule has 0 aromatic heterocycles. The predicted molar refractivity (Wildman–Crippen MR) is 82.9 cm³/mol. The molecule has 0 spiro atoms. The Labute approximate surface area is 120 Å². The number of carbonyl (C=O) groups is 1. The van der Waals surface area contributed by atoms with Crippen molar-refractivity contribution < 1.29 is 4.79 Å². The highest BCUT2D eigenvalue weighted by atomic mass is 16.1. The molecule has 2 nitrogen and oxygen atoms in total. The molecule has 2 aromatic rings. The molecule has 0 saturated heterocycles. The number of hydrogen-bond donors (Lipinski definition) is 1. The lowest BCUT2D eigenvalue weighted by molar-refractivity contribution is -0.121. The van der Waals surface area contributed by atoms with Crippen molar-refractivity contribution in [2.24, 2.45) is 0 Å². The molecule has 1 aliphatic rings. The summed E-state index contributed by atoms with van der Waals surface area (Å²) in [7, 11) is 0. The van der Waals surface area contributed by atoms with Crippen molar-refractivity contribution in [1.29, 1.82) is 0 Å². The van der Waals surface area contributed by atoms with Crippen LogP contribution in [0.25, 0.3) is 10.8 Å². The minimum absolute atomic E-state index is 0.179. The monoisotopic (exact) mass is 267 g/mol. The maximum atomic E-state index is 11.7. The Kier molecular flexibility index (Phi) is 3.72. The summed E-state index contributed by atoms with van der Waals surface area (Å²) in [6.07, 6.45) is 3.79. The van der Waals surface area contributed by atoms with E-state index in [1.165, 1.54) is 21.9 Å². The van der Waals surface area contributed by atoms with Gasteiger partial charge in [-0.25, -0.2) is 0 Å². The van der Waals surface area contributed by atoms with E-state index < -0.39 is 0 Å². The van der Waals surface area contributed by atoms with Crippen LogP contribution in [-0.4, -0.2) is 12.5 Å². The topological polar surface area (TPSA) is 29.1 Å². The van der Waals surface area contributed by atoms with Crippen LogP contribution in [0.1, 0.15) is 43.2 Å². The van der Waals surface area contributed by atoms with Gasteiger partial charge >= 0.3 is 0 Å². The lowest BCUT2D eigenvalue weighted by atomic mass is 9.81. The normalized spacial score (nSPS) is 17.1. The van der Waals surface area contributed by atoms with Crippen molar-refractivity contribution in [2.75, 3.05) is 6.54 Å². The fourth-order valence-electron chi connectivity index (χ4n) is 3.25. The predicted octanol–water partition coefficient (Wildman–Crippen LogP) is 3.79. The Bertz CT molecular complexity index is 627. The Balaban J connectivity index is 1.86. The number of carbonyl (C=O) groups excluding carboxylic acids is 1. The fourth-order valence-corrected chi connectivity index (χ4v) is 3.25. The zero-order valence-electron chi connectivity index (χ0n) is 12.0. The quantitative estimate of drug-likeness (QED) is 0.897. The maximum absolute atomic E-state index is 11.7. The van der Waals surface area contributed by atoms with Gasteiger partial charge in [0.25, 0.3) is 0 Å². The summed E-state index contributed by atoms with van der Waals surface area (Å²) in [5.41, 5.74) is 2.86. The second kappa shape index (κ2) is 5.66. The third-order valence-electron chi connectivity index (χ3n) is 4.25. The van der Waals surface area contributed by atoms with Gasteiger partial charge in [0.1, 0.15) is 0 Å². The highest BCUT2D eigenvalue weighted by Gasteiger charge is 2.21. The van der Waals surface area contributed by atoms with Gasteiger partial charge in [-0.15, -0.1) is 0 Å². The summed E-state index contributed by atoms with van der Waals surface area (Å²) >= 11 is 0. The van der Waals surface area contributed by atoms with Crippen LogP contribution in [0.4, 0.5) is 0 Å². The standard InChI is InChI=1S/C18H21NO/c1-2-5-17(20)19-12-15-11-10-14-7-3-6-13-8-4-9-16(15)18(13)14/h3-4,6-9,15H,2,5,10-12H2,1H3,(H,19,20)/t15-/m0/s1. The molecule has 1 atom stereocenters. The summed E-state index contributed by atoms with van der Waals surface area (Å²) < 4.78 is 0. The number of hydrogen-bond acceptors (Lipinski definition) is 1. The number of aryl methyl sites for hydroxylation is 1. The molecule has 2 aromatic carbocycles. The van der Waals surface area contributed by atoms with Crippen LogP contribution in [0, 0.1) is 0 Å². The molecule has 1 amide bonds. The molecule has 0 unspecified atom stereocenters. The van der Waals surface area contributed by atoms with Crippen molar-refractivity contribution in [3.8, 4) is 0 Å². The number of rotatable bonds is 4. The van der Waals surface area contributed by atoms with Gasteiger partial charge in [0, 0.05) is 18.9 Å². The number of nitrogens with one attached hydrogen (secondary N) is 1. The van der Waals surface area contributed by atoms with Crippen LogP contribution in [0.15, 0.2) is 36.4 Å². The zero-order valence-corrected chi connectivity index (χ0v) is 12.0. The van der Waals surface area contributed by atoms with Crippen molar-refractivity contribution in [2.45, 2.75) is 38.5 Å². The number of amides is 1. The molecule has 0 saturated carbocycles. The molecular formula is C18H21NO. The van der Waals surface area contributed by atoms with Crippen molar-refractivity contribution in [3.05, 3.63) is 47.5 Å². The van der Waals surface area contributed by atoms with Gasteiger partial charge in [-0.3, -0.25) is 4.79 Å². The Morgan fingerprint density at radius 1 is 1.25 bits per heavy atom. The lowest BCUT2D eigenvalue weighted by Crippen LogP contribution is -2.29. The molecule has 104 valence electrons. The smallest absolute Gasteiger partial charge is 0.220 e. The van der Waals surface area contributed by atoms with E-state index in [9.17, 15) is 4.79 Å². The van der Waals surface area contributed by atoms with Gasteiger partial charge in [-0.2, -0.15) is 0 Å². The molecule has 0 heterocycles. The van der Waals surface area contributed by atoms with Gasteiger partial charge < -0.3 is 5.32 Å². The van der Waals surface area contributed by atoms with Gasteiger partial charge in [0.05, 0.1) is 0 Å². The van der Waals surface area contributed by atoms with Crippen LogP contribution in [0.5, 0.6) is 0 Å². The average molecular weight is 267 g/mol. The van der Waals surface area contributed by atoms with Gasteiger partial charge in [-0.1, -0.05) is 43.3 Å². The van der Waals surface area contributed by atoms with E-state index in [-0.39, 0.29) is 5.91 Å². The molecular weight excluding hydrogens is 246 g/mol. The molecule has 0 bridgehead atoms. The Hall–Kier alpha value is -1.83. The van der Waals surface area contributed by atoms with Crippen LogP contribution >= 0.6 is 0 Å². The van der Waals surface area contributed by atoms with E-state index in [0.29, 0.717) is 12.3 Å². The zero-order chi connectivity index (χ0) is 13.9. The van der Waals surface area contributed by atoms with E-state index in [1.807, 2.05) is 6.92 Å². The second-order valence-electron chi connectivity index (χ2n) is 5.65. The summed E-state index contributed by atoms with van der Waals surface area (Å²) in [5, 5.41) is 5.82. The van der Waals surface area contributed by atoms with Crippen molar-refractivity contribution in [1.82, 2.24) is 5.32 Å². The summed E-state index contributed by atoms with van der Waals surface area (Å²) in [6, 6.07) is 13.1. The van der Waals surface area contributed by atoms with Crippen LogP contribution in [0.2, 0.25) is 0 Å². The van der Waals surface area contributed by atoms with E-state index in [2.05, 4.69) is 41.7 Å². The molecule has 20 heavy (non-hydrogen) atoms. The van der Waals surface area contributed by atoms with E-state index in [0.717, 1.165) is 25.8 Å². The Morgan fingerprint density at radius 2 is 2.05 bits per heavy atom. The average Bonchev–Trinajstić information content (AvgIpc) is 2.47. The largest absolute Gasteiger partial charge is 0.355 e. The first kappa shape index (κ1) is 13.2. The van der Waals surface area contributed by atoms with Gasteiger partial charge in [-0.05, 0) is 41.2 Å². The third kappa shape index (κ3) is 2.43. The first-order chi connectivity index (χ1) is 9.79. The molecule has 1 aliphatic carbocycles. The van der Waals surface area contributed by atoms with E-state index in [1.54, 1.807) is 0 Å². The van der Waals surface area contributed by atoms with Crippen molar-refractivity contribution in [3.63, 3.8) is 0 Å². The summed E-state index contributed by atoms with van der Waals surface area (Å²) in [4.78, 5) is 11.7. The number of benzene rings is 2. The molecule has 1 N–H and O–H groups in total. The lowest BCUT2D eigenvalue weighted by Gasteiger charge is -2.26. The molecule has 3 rings (SSSR count). The van der Waals surface area contributed by atoms with Crippen LogP contribution in [-0.2, 0) is 11.2 Å². The molecule has 0 aliphatic heterocycles. The molecule has 0 fully saturated rings. The summed E-state index contributed by atoms with van der Waals surface area (Å²) in [5.74, 6) is 0.632. The summed E-state index contributed by atoms with van der Waals surface area (Å²) in [6.45, 7) is 2.81. The molecule has 0 radical (unpaired) electrons. The maximum Gasteiger partial charge on any atom is 0.220 e. The van der Waals surface area contributed by atoms with Crippen LogP contribution < -0.4 is 5.32 Å². The first-order valence-corrected chi connectivity index (χ1v) is 7.57. The van der Waals surface area contributed by atoms with E-state index in [4.69, 9.17) is 0 Å². The highest BCUT2D eigenvalue weighted by Crippen LogP contribution is 2.36. The fraction of sp³-hybridized carbons (Fsp3) is 0.389. The second-order valence-corrected chi connectivity index (χ2v) is 5.65. The Morgan fingerprint density at radius 3 is 2.85 bits per heavy atom. The highest BCUT2D eigenvalue weighted by molar-refractivity contribution is 5.90. The first-order valence-electron chi connectivity index (χ1n) is 7.57. The van der Waals surface area contributed by atoms with E-state index >= 15 is 0 Å². The van der Waals surface area contributed by atoms with Crippen LogP contribution in [0.3, 0.4) is 0 Å². The van der Waals surface area contributed by atoms with Crippen molar-refractivity contribution >= 4 is 16.7 Å². The minimum Gasteiger partial charge on any atom is -0.355 e.